The van der Waals surface area contributed by atoms with Gasteiger partial charge in [0.2, 0.25) is 0 Å². The second-order valence-electron chi connectivity index (χ2n) is 2.85. The second kappa shape index (κ2) is 4.41. The van der Waals surface area contributed by atoms with Crippen LogP contribution in [0.25, 0.3) is 0 Å². The fourth-order valence-corrected chi connectivity index (χ4v) is 0.976. The van der Waals surface area contributed by atoms with Gasteiger partial charge in [-0.1, -0.05) is 0 Å². The first-order chi connectivity index (χ1) is 6.51. The van der Waals surface area contributed by atoms with Gasteiger partial charge in [0.15, 0.2) is 5.82 Å². The first-order valence-electron chi connectivity index (χ1n) is 4.16. The van der Waals surface area contributed by atoms with Crippen molar-refractivity contribution in [3.63, 3.8) is 0 Å². The molecule has 0 fully saturated rings. The summed E-state index contributed by atoms with van der Waals surface area (Å²) in [4.78, 5) is 3.80. The van der Waals surface area contributed by atoms with E-state index in [9.17, 15) is 13.2 Å². The zero-order chi connectivity index (χ0) is 10.6. The quantitative estimate of drug-likeness (QED) is 0.805. The lowest BCUT2D eigenvalue weighted by Crippen LogP contribution is -2.09. The Balaban J connectivity index is 2.31. The molecule has 1 aromatic rings. The lowest BCUT2D eigenvalue weighted by Gasteiger charge is -2.04. The van der Waals surface area contributed by atoms with Crippen LogP contribution in [0.2, 0.25) is 0 Å². The minimum Gasteiger partial charge on any atom is -0.324 e. The van der Waals surface area contributed by atoms with E-state index in [2.05, 4.69) is 10.1 Å². The van der Waals surface area contributed by atoms with Crippen LogP contribution in [0.4, 0.5) is 13.2 Å². The fraction of sp³-hybridized carbons (Fsp3) is 0.714. The molecule has 0 aromatic carbocycles. The lowest BCUT2D eigenvalue weighted by molar-refractivity contribution is -0.136. The average Bonchev–Trinajstić information content (AvgIpc) is 2.50. The molecule has 0 amide bonds. The van der Waals surface area contributed by atoms with Crippen LogP contribution in [0, 0.1) is 0 Å². The maximum Gasteiger partial charge on any atom is 0.389 e. The van der Waals surface area contributed by atoms with Crippen LogP contribution >= 0.6 is 0 Å². The average molecular weight is 208 g/mol. The largest absolute Gasteiger partial charge is 0.389 e. The van der Waals surface area contributed by atoms with Crippen LogP contribution < -0.4 is 5.73 Å². The first-order valence-corrected chi connectivity index (χ1v) is 4.16. The van der Waals surface area contributed by atoms with E-state index in [4.69, 9.17) is 5.73 Å². The number of alkyl halides is 3. The molecule has 14 heavy (non-hydrogen) atoms. The molecule has 7 heteroatoms. The molecule has 0 saturated carbocycles. The highest BCUT2D eigenvalue weighted by Crippen LogP contribution is 2.21. The Morgan fingerprint density at radius 1 is 1.43 bits per heavy atom. The van der Waals surface area contributed by atoms with Gasteiger partial charge in [-0.3, -0.25) is 4.68 Å². The van der Waals surface area contributed by atoms with E-state index in [1.807, 2.05) is 0 Å². The molecule has 0 aliphatic carbocycles. The van der Waals surface area contributed by atoms with E-state index in [1.165, 1.54) is 11.0 Å². The summed E-state index contributed by atoms with van der Waals surface area (Å²) in [5, 5.41) is 3.86. The molecular formula is C7H11F3N4. The second-order valence-corrected chi connectivity index (χ2v) is 2.85. The number of halogens is 3. The first kappa shape index (κ1) is 11.0. The van der Waals surface area contributed by atoms with Gasteiger partial charge in [0.25, 0.3) is 0 Å². The molecular weight excluding hydrogens is 197 g/mol. The van der Waals surface area contributed by atoms with Crippen LogP contribution in [0.5, 0.6) is 0 Å². The molecule has 1 aromatic heterocycles. The Kier molecular flexibility index (Phi) is 3.45. The Labute approximate surface area is 78.9 Å². The van der Waals surface area contributed by atoms with Gasteiger partial charge in [-0.2, -0.15) is 18.3 Å². The van der Waals surface area contributed by atoms with Gasteiger partial charge in [-0.25, -0.2) is 4.98 Å². The van der Waals surface area contributed by atoms with Gasteiger partial charge in [-0.15, -0.1) is 0 Å². The molecule has 1 rings (SSSR count). The van der Waals surface area contributed by atoms with Crippen molar-refractivity contribution in [3.05, 3.63) is 12.2 Å². The summed E-state index contributed by atoms with van der Waals surface area (Å²) < 4.78 is 36.7. The number of hydrogen-bond donors (Lipinski definition) is 1. The minimum atomic E-state index is -4.10. The Bertz CT molecular complexity index is 281. The summed E-state index contributed by atoms with van der Waals surface area (Å²) in [7, 11) is 0. The van der Waals surface area contributed by atoms with Crippen molar-refractivity contribution in [1.82, 2.24) is 14.8 Å². The standard InChI is InChI=1S/C7H11F3N4/c8-7(9,10)2-1-3-14-5-12-6(4-11)13-14/h5H,1-4,11H2. The Hall–Kier alpha value is -1.11. The highest BCUT2D eigenvalue weighted by molar-refractivity contribution is 4.78. The van der Waals surface area contributed by atoms with Crippen molar-refractivity contribution in [2.45, 2.75) is 32.1 Å². The van der Waals surface area contributed by atoms with Crippen LogP contribution in [0.1, 0.15) is 18.7 Å². The van der Waals surface area contributed by atoms with Crippen LogP contribution in [-0.2, 0) is 13.1 Å². The molecule has 0 aliphatic rings. The molecule has 2 N–H and O–H groups in total. The number of rotatable bonds is 4. The molecule has 1 heterocycles. The van der Waals surface area contributed by atoms with Crippen molar-refractivity contribution in [1.29, 1.82) is 0 Å². The van der Waals surface area contributed by atoms with Crippen LogP contribution in [0.3, 0.4) is 0 Å². The van der Waals surface area contributed by atoms with E-state index >= 15 is 0 Å². The monoisotopic (exact) mass is 208 g/mol. The molecule has 0 unspecified atom stereocenters. The number of nitrogens with two attached hydrogens (primary N) is 1. The van der Waals surface area contributed by atoms with Crippen molar-refractivity contribution >= 4 is 0 Å². The number of aromatic nitrogens is 3. The van der Waals surface area contributed by atoms with Gasteiger partial charge in [0, 0.05) is 13.0 Å². The highest BCUT2D eigenvalue weighted by Gasteiger charge is 2.26. The molecule has 0 atom stereocenters. The number of aryl methyl sites for hydroxylation is 1. The maximum absolute atomic E-state index is 11.8. The van der Waals surface area contributed by atoms with E-state index in [0.29, 0.717) is 5.82 Å². The summed E-state index contributed by atoms with van der Waals surface area (Å²) >= 11 is 0. The third-order valence-corrected chi connectivity index (χ3v) is 1.61. The minimum absolute atomic E-state index is 0.0108. The highest BCUT2D eigenvalue weighted by atomic mass is 19.4. The molecule has 0 radical (unpaired) electrons. The van der Waals surface area contributed by atoms with Gasteiger partial charge >= 0.3 is 6.18 Å². The Morgan fingerprint density at radius 3 is 2.64 bits per heavy atom. The van der Waals surface area contributed by atoms with Gasteiger partial charge in [-0.05, 0) is 6.42 Å². The van der Waals surface area contributed by atoms with E-state index < -0.39 is 12.6 Å². The summed E-state index contributed by atoms with van der Waals surface area (Å²) in [6, 6.07) is 0. The normalized spacial score (nSPS) is 12.0. The molecule has 0 aliphatic heterocycles. The fourth-order valence-electron chi connectivity index (χ4n) is 0.976. The van der Waals surface area contributed by atoms with E-state index in [1.54, 1.807) is 0 Å². The summed E-state index contributed by atoms with van der Waals surface area (Å²) in [6.45, 7) is 0.415. The molecule has 80 valence electrons. The topological polar surface area (TPSA) is 56.7 Å². The van der Waals surface area contributed by atoms with E-state index in [0.717, 1.165) is 0 Å². The van der Waals surface area contributed by atoms with Crippen LogP contribution in [0.15, 0.2) is 6.33 Å². The predicted octanol–water partition coefficient (Wildman–Crippen LogP) is 1.08. The number of nitrogens with zero attached hydrogens (tertiary/aromatic N) is 3. The third-order valence-electron chi connectivity index (χ3n) is 1.61. The summed E-state index contributed by atoms with van der Waals surface area (Å²) in [5.41, 5.74) is 5.24. The number of hydrogen-bond acceptors (Lipinski definition) is 3. The summed E-state index contributed by atoms with van der Waals surface area (Å²) in [5.74, 6) is 0.442. The lowest BCUT2D eigenvalue weighted by atomic mass is 10.3. The predicted molar refractivity (Wildman–Crippen MR) is 43.2 cm³/mol. The zero-order valence-electron chi connectivity index (χ0n) is 7.46. The smallest absolute Gasteiger partial charge is 0.324 e. The molecule has 0 bridgehead atoms. The van der Waals surface area contributed by atoms with Crippen molar-refractivity contribution in [2.75, 3.05) is 0 Å². The SMILES string of the molecule is NCc1ncn(CCCC(F)(F)F)n1. The van der Waals surface area contributed by atoms with Crippen molar-refractivity contribution < 1.29 is 13.2 Å². The Morgan fingerprint density at radius 2 is 2.14 bits per heavy atom. The van der Waals surface area contributed by atoms with Crippen molar-refractivity contribution in [3.8, 4) is 0 Å². The van der Waals surface area contributed by atoms with Gasteiger partial charge in [0.05, 0.1) is 6.54 Å². The molecule has 4 nitrogen and oxygen atoms in total. The summed E-state index contributed by atoms with van der Waals surface area (Å²) in [6.07, 6.45) is -3.50. The van der Waals surface area contributed by atoms with Gasteiger partial charge < -0.3 is 5.73 Å². The van der Waals surface area contributed by atoms with Gasteiger partial charge in [0.1, 0.15) is 6.33 Å². The third kappa shape index (κ3) is 3.73. The van der Waals surface area contributed by atoms with E-state index in [-0.39, 0.29) is 19.5 Å². The molecule has 0 saturated heterocycles. The maximum atomic E-state index is 11.8. The molecule has 0 spiro atoms. The van der Waals surface area contributed by atoms with Crippen molar-refractivity contribution in [2.24, 2.45) is 5.73 Å². The van der Waals surface area contributed by atoms with Crippen LogP contribution in [-0.4, -0.2) is 20.9 Å². The zero-order valence-corrected chi connectivity index (χ0v) is 7.46.